The zero-order valence-corrected chi connectivity index (χ0v) is 10.2. The first-order valence-electron chi connectivity index (χ1n) is 5.69. The van der Waals surface area contributed by atoms with Crippen LogP contribution in [0.2, 0.25) is 0 Å². The van der Waals surface area contributed by atoms with E-state index in [9.17, 15) is 9.59 Å². The van der Waals surface area contributed by atoms with Crippen LogP contribution in [0.4, 0.5) is 0 Å². The highest BCUT2D eigenvalue weighted by Crippen LogP contribution is 1.89. The Balaban J connectivity index is 2.18. The summed E-state index contributed by atoms with van der Waals surface area (Å²) in [4.78, 5) is 22.6. The largest absolute Gasteiger partial charge is 0.464 e. The van der Waals surface area contributed by atoms with Crippen molar-refractivity contribution in [1.29, 1.82) is 0 Å². The van der Waals surface area contributed by atoms with Crippen molar-refractivity contribution < 1.29 is 14.3 Å². The van der Waals surface area contributed by atoms with Gasteiger partial charge in [-0.15, -0.1) is 5.10 Å². The molecule has 1 unspecified atom stereocenters. The second-order valence-corrected chi connectivity index (χ2v) is 3.54. The van der Waals surface area contributed by atoms with Crippen molar-refractivity contribution in [2.24, 2.45) is 5.73 Å². The predicted octanol–water partition coefficient (Wildman–Crippen LogP) is -1.33. The Hall–Kier alpha value is -1.96. The maximum Gasteiger partial charge on any atom is 0.332 e. The fourth-order valence-corrected chi connectivity index (χ4v) is 1.25. The second kappa shape index (κ2) is 7.38. The number of ether oxygens (including phenoxy) is 1. The molecule has 0 radical (unpaired) electrons. The number of nitrogens with one attached hydrogen (secondary N) is 1. The van der Waals surface area contributed by atoms with Crippen LogP contribution in [0, 0.1) is 0 Å². The lowest BCUT2D eigenvalue weighted by molar-refractivity contribution is -0.147. The van der Waals surface area contributed by atoms with Crippen LogP contribution in [0.25, 0.3) is 0 Å². The molecule has 1 aromatic heterocycles. The van der Waals surface area contributed by atoms with Gasteiger partial charge in [0.05, 0.1) is 12.8 Å². The molecule has 0 aliphatic heterocycles. The van der Waals surface area contributed by atoms with Crippen molar-refractivity contribution in [1.82, 2.24) is 20.3 Å². The van der Waals surface area contributed by atoms with E-state index < -0.39 is 17.9 Å². The molecule has 0 saturated heterocycles. The van der Waals surface area contributed by atoms with E-state index in [-0.39, 0.29) is 6.61 Å². The third kappa shape index (κ3) is 4.50. The molecule has 3 N–H and O–H groups in total. The first-order valence-corrected chi connectivity index (χ1v) is 5.69. The number of carbonyl (C=O) groups is 2. The molecule has 1 amide bonds. The molecule has 0 saturated carbocycles. The number of hydrogen-bond acceptors (Lipinski definition) is 6. The summed E-state index contributed by atoms with van der Waals surface area (Å²) in [6, 6.07) is -1.27. The molecule has 1 aromatic rings. The van der Waals surface area contributed by atoms with E-state index in [0.29, 0.717) is 19.5 Å². The zero-order valence-electron chi connectivity index (χ0n) is 10.2. The monoisotopic (exact) mass is 255 g/mol. The average molecular weight is 255 g/mol. The third-order valence-electron chi connectivity index (χ3n) is 2.16. The van der Waals surface area contributed by atoms with Crippen molar-refractivity contribution in [2.45, 2.75) is 25.9 Å². The number of nitrogens with zero attached hydrogens (tertiary/aromatic N) is 3. The summed E-state index contributed by atoms with van der Waals surface area (Å²) >= 11 is 0. The van der Waals surface area contributed by atoms with Gasteiger partial charge in [-0.1, -0.05) is 5.21 Å². The maximum absolute atomic E-state index is 11.4. The molecular weight excluding hydrogens is 238 g/mol. The fourth-order valence-electron chi connectivity index (χ4n) is 1.25. The Morgan fingerprint density at radius 1 is 1.56 bits per heavy atom. The van der Waals surface area contributed by atoms with Crippen molar-refractivity contribution in [3.05, 3.63) is 12.4 Å². The van der Waals surface area contributed by atoms with Gasteiger partial charge in [0.2, 0.25) is 5.91 Å². The summed E-state index contributed by atoms with van der Waals surface area (Å²) < 4.78 is 6.29. The standard InChI is InChI=1S/C10H17N5O3/c1-2-18-10(17)8(11)9(16)12-4-3-6-15-7-5-13-14-15/h5,7-8H,2-4,6,11H2,1H3,(H,12,16). The molecule has 8 heteroatoms. The van der Waals surface area contributed by atoms with E-state index in [0.717, 1.165) is 0 Å². The van der Waals surface area contributed by atoms with Gasteiger partial charge in [-0.3, -0.25) is 9.48 Å². The molecule has 0 aliphatic carbocycles. The van der Waals surface area contributed by atoms with Crippen molar-refractivity contribution in [2.75, 3.05) is 13.2 Å². The number of rotatable bonds is 7. The lowest BCUT2D eigenvalue weighted by atomic mass is 10.3. The van der Waals surface area contributed by atoms with Crippen molar-refractivity contribution in [3.63, 3.8) is 0 Å². The first-order chi connectivity index (χ1) is 8.65. The van der Waals surface area contributed by atoms with Crippen LogP contribution >= 0.6 is 0 Å². The molecule has 1 rings (SSSR count). The van der Waals surface area contributed by atoms with Crippen LogP contribution < -0.4 is 11.1 Å². The Labute approximate surface area is 104 Å². The number of esters is 1. The Kier molecular flexibility index (Phi) is 5.78. The van der Waals surface area contributed by atoms with Gasteiger partial charge < -0.3 is 15.8 Å². The SMILES string of the molecule is CCOC(=O)C(N)C(=O)NCCCn1ccnn1. The number of aromatic nitrogens is 3. The molecule has 0 bridgehead atoms. The first kappa shape index (κ1) is 14.1. The minimum atomic E-state index is -1.27. The molecule has 1 heterocycles. The van der Waals surface area contributed by atoms with E-state index in [4.69, 9.17) is 5.73 Å². The molecule has 8 nitrogen and oxygen atoms in total. The van der Waals surface area contributed by atoms with E-state index >= 15 is 0 Å². The summed E-state index contributed by atoms with van der Waals surface area (Å²) in [7, 11) is 0. The van der Waals surface area contributed by atoms with Crippen LogP contribution in [-0.4, -0.2) is 46.1 Å². The molecular formula is C10H17N5O3. The van der Waals surface area contributed by atoms with Crippen LogP contribution in [-0.2, 0) is 20.9 Å². The van der Waals surface area contributed by atoms with Gasteiger partial charge >= 0.3 is 5.97 Å². The van der Waals surface area contributed by atoms with Crippen molar-refractivity contribution >= 4 is 11.9 Å². The molecule has 1 atom stereocenters. The van der Waals surface area contributed by atoms with Gasteiger partial charge in [0.15, 0.2) is 6.04 Å². The minimum absolute atomic E-state index is 0.201. The van der Waals surface area contributed by atoms with Crippen LogP contribution in [0.15, 0.2) is 12.4 Å². The quantitative estimate of drug-likeness (QED) is 0.355. The molecule has 0 aromatic carbocycles. The van der Waals surface area contributed by atoms with Gasteiger partial charge in [0, 0.05) is 19.3 Å². The number of aryl methyl sites for hydroxylation is 1. The van der Waals surface area contributed by atoms with Crippen LogP contribution in [0.3, 0.4) is 0 Å². The zero-order chi connectivity index (χ0) is 13.4. The van der Waals surface area contributed by atoms with Gasteiger partial charge in [0.25, 0.3) is 0 Å². The lowest BCUT2D eigenvalue weighted by Gasteiger charge is -2.10. The van der Waals surface area contributed by atoms with Gasteiger partial charge in [-0.2, -0.15) is 0 Å². The van der Waals surface area contributed by atoms with E-state index in [1.54, 1.807) is 24.0 Å². The summed E-state index contributed by atoms with van der Waals surface area (Å²) in [5, 5.41) is 9.99. The summed E-state index contributed by atoms with van der Waals surface area (Å²) in [6.07, 6.45) is 3.98. The van der Waals surface area contributed by atoms with Crippen LogP contribution in [0.1, 0.15) is 13.3 Å². The fraction of sp³-hybridized carbons (Fsp3) is 0.600. The molecule has 0 fully saturated rings. The number of nitrogens with two attached hydrogens (primary N) is 1. The highest BCUT2D eigenvalue weighted by atomic mass is 16.5. The van der Waals surface area contributed by atoms with E-state index in [2.05, 4.69) is 20.4 Å². The minimum Gasteiger partial charge on any atom is -0.464 e. The topological polar surface area (TPSA) is 112 Å². The Bertz CT molecular complexity index is 379. The molecule has 100 valence electrons. The smallest absolute Gasteiger partial charge is 0.332 e. The van der Waals surface area contributed by atoms with Gasteiger partial charge in [-0.05, 0) is 13.3 Å². The Morgan fingerprint density at radius 2 is 2.33 bits per heavy atom. The number of carbonyl (C=O) groups excluding carboxylic acids is 2. The number of amides is 1. The normalized spacial score (nSPS) is 11.9. The lowest BCUT2D eigenvalue weighted by Crippen LogP contribution is -2.47. The third-order valence-corrected chi connectivity index (χ3v) is 2.16. The van der Waals surface area contributed by atoms with Gasteiger partial charge in [-0.25, -0.2) is 4.79 Å². The van der Waals surface area contributed by atoms with E-state index in [1.165, 1.54) is 0 Å². The Morgan fingerprint density at radius 3 is 2.94 bits per heavy atom. The molecule has 18 heavy (non-hydrogen) atoms. The van der Waals surface area contributed by atoms with Gasteiger partial charge in [0.1, 0.15) is 0 Å². The summed E-state index contributed by atoms with van der Waals surface area (Å²) in [6.45, 7) is 2.90. The highest BCUT2D eigenvalue weighted by molar-refractivity contribution is 6.01. The highest BCUT2D eigenvalue weighted by Gasteiger charge is 2.22. The second-order valence-electron chi connectivity index (χ2n) is 3.54. The summed E-state index contributed by atoms with van der Waals surface area (Å²) in [5.41, 5.74) is 5.41. The maximum atomic E-state index is 11.4. The molecule has 0 aliphatic rings. The number of hydrogen-bond donors (Lipinski definition) is 2. The summed E-state index contributed by atoms with van der Waals surface area (Å²) in [5.74, 6) is -1.25. The van der Waals surface area contributed by atoms with Crippen molar-refractivity contribution in [3.8, 4) is 0 Å². The predicted molar refractivity (Wildman–Crippen MR) is 62.3 cm³/mol. The average Bonchev–Trinajstić information content (AvgIpc) is 2.86. The van der Waals surface area contributed by atoms with E-state index in [1.807, 2.05) is 0 Å². The molecule has 0 spiro atoms. The van der Waals surface area contributed by atoms with Crippen LogP contribution in [0.5, 0.6) is 0 Å².